The second kappa shape index (κ2) is 4.11. The van der Waals surface area contributed by atoms with Gasteiger partial charge in [0.2, 0.25) is 0 Å². The minimum absolute atomic E-state index is 0.666. The smallest absolute Gasteiger partial charge is 0.150 e. The van der Waals surface area contributed by atoms with Crippen LogP contribution >= 0.6 is 0 Å². The monoisotopic (exact) mass is 236 g/mol. The van der Waals surface area contributed by atoms with E-state index < -0.39 is 0 Å². The third-order valence-corrected chi connectivity index (χ3v) is 3.15. The van der Waals surface area contributed by atoms with Gasteiger partial charge in [0.1, 0.15) is 5.69 Å². The zero-order chi connectivity index (χ0) is 12.5. The van der Waals surface area contributed by atoms with E-state index in [0.717, 1.165) is 34.0 Å². The minimum atomic E-state index is 0.666. The van der Waals surface area contributed by atoms with Crippen LogP contribution in [0.2, 0.25) is 0 Å². The SMILES string of the molecule is Cc1ccccc1-c1n[nH]c2cccc(C=O)c12. The van der Waals surface area contributed by atoms with E-state index in [9.17, 15) is 4.79 Å². The van der Waals surface area contributed by atoms with E-state index in [-0.39, 0.29) is 0 Å². The molecule has 0 aliphatic rings. The molecule has 0 spiro atoms. The minimum Gasteiger partial charge on any atom is -0.298 e. The third-order valence-electron chi connectivity index (χ3n) is 3.15. The van der Waals surface area contributed by atoms with E-state index in [1.54, 1.807) is 0 Å². The Labute approximate surface area is 104 Å². The first-order valence-electron chi connectivity index (χ1n) is 5.79. The summed E-state index contributed by atoms with van der Waals surface area (Å²) in [6.07, 6.45) is 0.875. The van der Waals surface area contributed by atoms with Crippen molar-refractivity contribution in [2.24, 2.45) is 0 Å². The van der Waals surface area contributed by atoms with Crippen LogP contribution in [0.4, 0.5) is 0 Å². The highest BCUT2D eigenvalue weighted by Crippen LogP contribution is 2.30. The quantitative estimate of drug-likeness (QED) is 0.693. The van der Waals surface area contributed by atoms with Crippen molar-refractivity contribution in [2.45, 2.75) is 6.92 Å². The summed E-state index contributed by atoms with van der Waals surface area (Å²) >= 11 is 0. The van der Waals surface area contributed by atoms with Crippen LogP contribution in [0.1, 0.15) is 15.9 Å². The number of aldehydes is 1. The number of fused-ring (bicyclic) bond motifs is 1. The largest absolute Gasteiger partial charge is 0.298 e. The highest BCUT2D eigenvalue weighted by molar-refractivity contribution is 6.04. The van der Waals surface area contributed by atoms with Gasteiger partial charge in [0.15, 0.2) is 6.29 Å². The zero-order valence-corrected chi connectivity index (χ0v) is 9.97. The number of nitrogens with zero attached hydrogens (tertiary/aromatic N) is 1. The summed E-state index contributed by atoms with van der Waals surface area (Å²) in [6, 6.07) is 13.6. The van der Waals surface area contributed by atoms with Crippen LogP contribution in [0.15, 0.2) is 42.5 Å². The number of aromatic nitrogens is 2. The number of carbonyl (C=O) groups is 1. The van der Waals surface area contributed by atoms with Gasteiger partial charge in [0, 0.05) is 16.5 Å². The van der Waals surface area contributed by atoms with Gasteiger partial charge < -0.3 is 0 Å². The Morgan fingerprint density at radius 2 is 1.94 bits per heavy atom. The van der Waals surface area contributed by atoms with Gasteiger partial charge in [-0.3, -0.25) is 9.89 Å². The van der Waals surface area contributed by atoms with Gasteiger partial charge in [0.25, 0.3) is 0 Å². The van der Waals surface area contributed by atoms with Crippen molar-refractivity contribution < 1.29 is 4.79 Å². The normalized spacial score (nSPS) is 10.7. The fourth-order valence-corrected chi connectivity index (χ4v) is 2.23. The van der Waals surface area contributed by atoms with Crippen LogP contribution < -0.4 is 0 Å². The van der Waals surface area contributed by atoms with Crippen LogP contribution in [0.25, 0.3) is 22.2 Å². The number of carbonyl (C=O) groups excluding carboxylic acids is 1. The average molecular weight is 236 g/mol. The lowest BCUT2D eigenvalue weighted by atomic mass is 10.0. The van der Waals surface area contributed by atoms with Gasteiger partial charge in [-0.1, -0.05) is 36.4 Å². The molecule has 2 aromatic carbocycles. The molecule has 0 saturated heterocycles. The lowest BCUT2D eigenvalue weighted by Gasteiger charge is -2.03. The molecule has 88 valence electrons. The fraction of sp³-hybridized carbons (Fsp3) is 0.0667. The summed E-state index contributed by atoms with van der Waals surface area (Å²) in [5.41, 5.74) is 4.59. The number of rotatable bonds is 2. The summed E-state index contributed by atoms with van der Waals surface area (Å²) in [5, 5.41) is 8.22. The van der Waals surface area contributed by atoms with E-state index in [0.29, 0.717) is 5.56 Å². The number of aromatic amines is 1. The number of hydrogen-bond donors (Lipinski definition) is 1. The van der Waals surface area contributed by atoms with Crippen LogP contribution in [-0.4, -0.2) is 16.5 Å². The van der Waals surface area contributed by atoms with E-state index in [1.165, 1.54) is 0 Å². The third kappa shape index (κ3) is 1.52. The molecule has 0 bridgehead atoms. The standard InChI is InChI=1S/C15H12N2O/c1-10-5-2-3-7-12(10)15-14-11(9-18)6-4-8-13(14)16-17-15/h2-9H,1H3,(H,16,17). The lowest BCUT2D eigenvalue weighted by Crippen LogP contribution is -1.86. The lowest BCUT2D eigenvalue weighted by molar-refractivity contribution is 0.112. The molecule has 3 nitrogen and oxygen atoms in total. The van der Waals surface area contributed by atoms with Crippen molar-refractivity contribution in [3.8, 4) is 11.3 Å². The van der Waals surface area contributed by atoms with Crippen molar-refractivity contribution in [3.05, 3.63) is 53.6 Å². The Balaban J connectivity index is 2.37. The molecule has 3 heteroatoms. The predicted molar refractivity (Wildman–Crippen MR) is 71.7 cm³/mol. The molecule has 3 rings (SSSR count). The fourth-order valence-electron chi connectivity index (χ4n) is 2.23. The van der Waals surface area contributed by atoms with Gasteiger partial charge in [-0.2, -0.15) is 5.10 Å². The van der Waals surface area contributed by atoms with Crippen molar-refractivity contribution in [3.63, 3.8) is 0 Å². The first kappa shape index (κ1) is 10.7. The first-order chi connectivity index (χ1) is 8.81. The van der Waals surface area contributed by atoms with Gasteiger partial charge in [-0.15, -0.1) is 0 Å². The van der Waals surface area contributed by atoms with Gasteiger partial charge >= 0.3 is 0 Å². The molecule has 0 aliphatic carbocycles. The molecule has 0 unspecified atom stereocenters. The first-order valence-corrected chi connectivity index (χ1v) is 5.79. The van der Waals surface area contributed by atoms with Crippen molar-refractivity contribution in [2.75, 3.05) is 0 Å². The average Bonchev–Trinajstić information content (AvgIpc) is 2.83. The van der Waals surface area contributed by atoms with Gasteiger partial charge in [0.05, 0.1) is 5.52 Å². The Morgan fingerprint density at radius 3 is 2.72 bits per heavy atom. The molecular weight excluding hydrogens is 224 g/mol. The molecule has 1 aromatic heterocycles. The molecule has 0 amide bonds. The van der Waals surface area contributed by atoms with Crippen LogP contribution in [-0.2, 0) is 0 Å². The van der Waals surface area contributed by atoms with Crippen LogP contribution in [0.5, 0.6) is 0 Å². The van der Waals surface area contributed by atoms with Crippen LogP contribution in [0, 0.1) is 6.92 Å². The molecule has 1 heterocycles. The maximum Gasteiger partial charge on any atom is 0.150 e. The molecule has 3 aromatic rings. The summed E-state index contributed by atoms with van der Waals surface area (Å²) in [6.45, 7) is 2.04. The van der Waals surface area contributed by atoms with E-state index >= 15 is 0 Å². The number of hydrogen-bond acceptors (Lipinski definition) is 2. The summed E-state index contributed by atoms with van der Waals surface area (Å²) < 4.78 is 0. The second-order valence-corrected chi connectivity index (χ2v) is 4.27. The molecular formula is C15H12N2O. The highest BCUT2D eigenvalue weighted by atomic mass is 16.1. The zero-order valence-electron chi connectivity index (χ0n) is 9.97. The Kier molecular flexibility index (Phi) is 2.45. The maximum absolute atomic E-state index is 11.1. The predicted octanol–water partition coefficient (Wildman–Crippen LogP) is 3.35. The van der Waals surface area contributed by atoms with E-state index in [4.69, 9.17) is 0 Å². The van der Waals surface area contributed by atoms with Crippen LogP contribution in [0.3, 0.4) is 0 Å². The maximum atomic E-state index is 11.1. The second-order valence-electron chi connectivity index (χ2n) is 4.27. The number of aryl methyl sites for hydroxylation is 1. The van der Waals surface area contributed by atoms with Gasteiger partial charge in [-0.25, -0.2) is 0 Å². The number of benzene rings is 2. The molecule has 0 atom stereocenters. The molecule has 0 aliphatic heterocycles. The topological polar surface area (TPSA) is 45.8 Å². The number of H-pyrrole nitrogens is 1. The molecule has 0 saturated carbocycles. The molecule has 18 heavy (non-hydrogen) atoms. The molecule has 0 fully saturated rings. The summed E-state index contributed by atoms with van der Waals surface area (Å²) in [4.78, 5) is 11.1. The summed E-state index contributed by atoms with van der Waals surface area (Å²) in [7, 11) is 0. The molecule has 0 radical (unpaired) electrons. The number of nitrogens with one attached hydrogen (secondary N) is 1. The Morgan fingerprint density at radius 1 is 1.11 bits per heavy atom. The Bertz CT molecular complexity index is 728. The highest BCUT2D eigenvalue weighted by Gasteiger charge is 2.12. The Hall–Kier alpha value is -2.42. The van der Waals surface area contributed by atoms with E-state index in [1.807, 2.05) is 49.4 Å². The van der Waals surface area contributed by atoms with Crippen molar-refractivity contribution in [1.29, 1.82) is 0 Å². The van der Waals surface area contributed by atoms with Gasteiger partial charge in [-0.05, 0) is 18.6 Å². The van der Waals surface area contributed by atoms with Crippen molar-refractivity contribution in [1.82, 2.24) is 10.2 Å². The van der Waals surface area contributed by atoms with Crippen molar-refractivity contribution >= 4 is 17.2 Å². The molecule has 1 N–H and O–H groups in total. The van der Waals surface area contributed by atoms with E-state index in [2.05, 4.69) is 10.2 Å². The summed E-state index contributed by atoms with van der Waals surface area (Å²) in [5.74, 6) is 0.